The lowest BCUT2D eigenvalue weighted by Crippen LogP contribution is -2.34. The Hall–Kier alpha value is -2.08. The van der Waals surface area contributed by atoms with Gasteiger partial charge in [-0.1, -0.05) is 22.8 Å². The van der Waals surface area contributed by atoms with E-state index in [1.165, 1.54) is 0 Å². The number of rotatable bonds is 2. The fraction of sp³-hybridized carbons (Fsp3) is 0.357. The Balaban J connectivity index is 1.74. The largest absolute Gasteiger partial charge is 0.337 e. The van der Waals surface area contributed by atoms with Crippen LogP contribution in [-0.4, -0.2) is 27.6 Å². The van der Waals surface area contributed by atoms with Gasteiger partial charge in [-0.05, 0) is 38.0 Å². The molecule has 110 valence electrons. The number of urea groups is 1. The van der Waals surface area contributed by atoms with E-state index in [4.69, 9.17) is 16.1 Å². The summed E-state index contributed by atoms with van der Waals surface area (Å²) in [6, 6.07) is 6.71. The molecular formula is C14H15ClN4O2. The fourth-order valence-corrected chi connectivity index (χ4v) is 2.67. The number of nitrogens with zero attached hydrogens (tertiary/aromatic N) is 3. The second-order valence-electron chi connectivity index (χ2n) is 4.97. The Morgan fingerprint density at radius 3 is 3.10 bits per heavy atom. The highest BCUT2D eigenvalue weighted by atomic mass is 35.5. The van der Waals surface area contributed by atoms with Crippen LogP contribution in [0.25, 0.3) is 0 Å². The van der Waals surface area contributed by atoms with E-state index in [1.807, 2.05) is 0 Å². The number of carbonyl (C=O) groups is 1. The summed E-state index contributed by atoms with van der Waals surface area (Å²) in [4.78, 5) is 18.3. The molecule has 1 aromatic heterocycles. The number of aromatic nitrogens is 2. The summed E-state index contributed by atoms with van der Waals surface area (Å²) in [6.07, 6.45) is 1.74. The van der Waals surface area contributed by atoms with Gasteiger partial charge in [0.1, 0.15) is 6.04 Å². The first-order valence-electron chi connectivity index (χ1n) is 6.77. The molecule has 2 amide bonds. The molecule has 1 aliphatic heterocycles. The van der Waals surface area contributed by atoms with Crippen LogP contribution < -0.4 is 5.32 Å². The van der Waals surface area contributed by atoms with Gasteiger partial charge in [-0.3, -0.25) is 0 Å². The van der Waals surface area contributed by atoms with Crippen molar-refractivity contribution in [3.8, 4) is 0 Å². The molecule has 1 unspecified atom stereocenters. The van der Waals surface area contributed by atoms with Gasteiger partial charge < -0.3 is 14.7 Å². The fourth-order valence-electron chi connectivity index (χ4n) is 2.48. The lowest BCUT2D eigenvalue weighted by Gasteiger charge is -2.22. The number of benzene rings is 1. The molecule has 1 aromatic carbocycles. The van der Waals surface area contributed by atoms with Crippen LogP contribution in [0.15, 0.2) is 28.8 Å². The van der Waals surface area contributed by atoms with Crippen molar-refractivity contribution in [2.75, 3.05) is 11.9 Å². The van der Waals surface area contributed by atoms with Crippen LogP contribution in [0.5, 0.6) is 0 Å². The van der Waals surface area contributed by atoms with Crippen molar-refractivity contribution in [3.05, 3.63) is 41.0 Å². The predicted molar refractivity (Wildman–Crippen MR) is 78.2 cm³/mol. The Labute approximate surface area is 127 Å². The highest BCUT2D eigenvalue weighted by molar-refractivity contribution is 6.30. The number of hydrogen-bond acceptors (Lipinski definition) is 4. The second kappa shape index (κ2) is 5.73. The summed E-state index contributed by atoms with van der Waals surface area (Å²) >= 11 is 5.92. The maximum absolute atomic E-state index is 12.4. The first kappa shape index (κ1) is 13.9. The molecule has 1 fully saturated rings. The molecule has 2 aromatic rings. The molecule has 1 N–H and O–H groups in total. The van der Waals surface area contributed by atoms with Crippen LogP contribution in [0.2, 0.25) is 5.02 Å². The average molecular weight is 307 g/mol. The van der Waals surface area contributed by atoms with Crippen molar-refractivity contribution in [2.45, 2.75) is 25.8 Å². The summed E-state index contributed by atoms with van der Waals surface area (Å²) in [5.74, 6) is 1.07. The third-order valence-corrected chi connectivity index (χ3v) is 3.65. The van der Waals surface area contributed by atoms with Crippen LogP contribution in [0.4, 0.5) is 10.5 Å². The molecule has 3 rings (SSSR count). The predicted octanol–water partition coefficient (Wildman–Crippen LogP) is 3.40. The number of aryl methyl sites for hydroxylation is 1. The van der Waals surface area contributed by atoms with Gasteiger partial charge >= 0.3 is 6.03 Å². The second-order valence-corrected chi connectivity index (χ2v) is 5.41. The lowest BCUT2D eigenvalue weighted by molar-refractivity contribution is 0.193. The minimum absolute atomic E-state index is 0.162. The number of amides is 2. The van der Waals surface area contributed by atoms with Gasteiger partial charge in [0.25, 0.3) is 0 Å². The van der Waals surface area contributed by atoms with Gasteiger partial charge in [0.05, 0.1) is 0 Å². The minimum atomic E-state index is -0.185. The molecular weight excluding hydrogens is 292 g/mol. The van der Waals surface area contributed by atoms with Crippen LogP contribution in [-0.2, 0) is 0 Å². The number of carbonyl (C=O) groups excluding carboxylic acids is 1. The number of nitrogens with one attached hydrogen (secondary N) is 1. The smallest absolute Gasteiger partial charge is 0.322 e. The van der Waals surface area contributed by atoms with Crippen LogP contribution in [0.1, 0.15) is 30.6 Å². The maximum atomic E-state index is 12.4. The average Bonchev–Trinajstić information content (AvgIpc) is 3.06. The third-order valence-electron chi connectivity index (χ3n) is 3.42. The standard InChI is InChI=1S/C14H15ClN4O2/c1-9-16-13(21-18-9)12-6-3-7-19(12)14(20)17-11-5-2-4-10(15)8-11/h2,4-5,8,12H,3,6-7H2,1H3,(H,17,20). The van der Waals surface area contributed by atoms with Gasteiger partial charge in [-0.15, -0.1) is 0 Å². The van der Waals surface area contributed by atoms with E-state index in [2.05, 4.69) is 15.5 Å². The molecule has 1 aliphatic rings. The van der Waals surface area contributed by atoms with Crippen molar-refractivity contribution in [1.29, 1.82) is 0 Å². The number of anilines is 1. The monoisotopic (exact) mass is 306 g/mol. The maximum Gasteiger partial charge on any atom is 0.322 e. The first-order valence-corrected chi connectivity index (χ1v) is 7.14. The zero-order valence-corrected chi connectivity index (χ0v) is 12.3. The van der Waals surface area contributed by atoms with E-state index in [9.17, 15) is 4.79 Å². The summed E-state index contributed by atoms with van der Waals surface area (Å²) in [5, 5.41) is 7.21. The summed E-state index contributed by atoms with van der Waals surface area (Å²) in [5.41, 5.74) is 0.667. The van der Waals surface area contributed by atoms with E-state index in [0.717, 1.165) is 12.8 Å². The normalized spacial score (nSPS) is 18.0. The van der Waals surface area contributed by atoms with Crippen molar-refractivity contribution >= 4 is 23.3 Å². The topological polar surface area (TPSA) is 71.3 Å². The Morgan fingerprint density at radius 2 is 2.38 bits per heavy atom. The van der Waals surface area contributed by atoms with Gasteiger partial charge in [0.2, 0.25) is 5.89 Å². The SMILES string of the molecule is Cc1noc(C2CCCN2C(=O)Nc2cccc(Cl)c2)n1. The van der Waals surface area contributed by atoms with E-state index in [1.54, 1.807) is 36.1 Å². The van der Waals surface area contributed by atoms with Crippen molar-refractivity contribution < 1.29 is 9.32 Å². The summed E-state index contributed by atoms with van der Waals surface area (Å²) in [7, 11) is 0. The van der Waals surface area contributed by atoms with Crippen molar-refractivity contribution in [3.63, 3.8) is 0 Å². The quantitative estimate of drug-likeness (QED) is 0.923. The van der Waals surface area contributed by atoms with Gasteiger partial charge in [-0.25, -0.2) is 4.79 Å². The Morgan fingerprint density at radius 1 is 1.52 bits per heavy atom. The zero-order chi connectivity index (χ0) is 14.8. The van der Waals surface area contributed by atoms with Crippen LogP contribution >= 0.6 is 11.6 Å². The van der Waals surface area contributed by atoms with E-state index in [0.29, 0.717) is 29.0 Å². The minimum Gasteiger partial charge on any atom is -0.337 e. The molecule has 0 radical (unpaired) electrons. The Bertz CT molecular complexity index is 658. The molecule has 0 saturated carbocycles. The molecule has 0 bridgehead atoms. The van der Waals surface area contributed by atoms with E-state index >= 15 is 0 Å². The van der Waals surface area contributed by atoms with E-state index < -0.39 is 0 Å². The number of hydrogen-bond donors (Lipinski definition) is 1. The highest BCUT2D eigenvalue weighted by Gasteiger charge is 2.33. The summed E-state index contributed by atoms with van der Waals surface area (Å²) < 4.78 is 5.19. The molecule has 1 saturated heterocycles. The molecule has 7 heteroatoms. The van der Waals surface area contributed by atoms with Gasteiger partial charge in [0, 0.05) is 17.3 Å². The molecule has 1 atom stereocenters. The number of halogens is 1. The van der Waals surface area contributed by atoms with Gasteiger partial charge in [-0.2, -0.15) is 4.98 Å². The highest BCUT2D eigenvalue weighted by Crippen LogP contribution is 2.31. The molecule has 6 nitrogen and oxygen atoms in total. The lowest BCUT2D eigenvalue weighted by atomic mass is 10.2. The molecule has 0 spiro atoms. The van der Waals surface area contributed by atoms with Crippen LogP contribution in [0.3, 0.4) is 0 Å². The molecule has 2 heterocycles. The zero-order valence-electron chi connectivity index (χ0n) is 11.5. The third kappa shape index (κ3) is 3.00. The van der Waals surface area contributed by atoms with Crippen molar-refractivity contribution in [2.24, 2.45) is 0 Å². The van der Waals surface area contributed by atoms with Crippen LogP contribution in [0, 0.1) is 6.92 Å². The Kier molecular flexibility index (Phi) is 3.79. The van der Waals surface area contributed by atoms with E-state index in [-0.39, 0.29) is 12.1 Å². The van der Waals surface area contributed by atoms with Gasteiger partial charge in [0.15, 0.2) is 5.82 Å². The molecule has 0 aliphatic carbocycles. The first-order chi connectivity index (χ1) is 10.1. The van der Waals surface area contributed by atoms with Crippen molar-refractivity contribution in [1.82, 2.24) is 15.0 Å². The molecule has 21 heavy (non-hydrogen) atoms. The summed E-state index contributed by atoms with van der Waals surface area (Å²) in [6.45, 7) is 2.43. The number of likely N-dealkylation sites (tertiary alicyclic amines) is 1.